The molecule has 0 saturated heterocycles. The minimum Gasteiger partial charge on any atom is -0.465 e. The zero-order valence-electron chi connectivity index (χ0n) is 7.21. The number of rotatable bonds is 2. The molecular weight excluding hydrogens is 188 g/mol. The Bertz CT molecular complexity index is 345. The number of carbonyl (C=O) groups is 1. The molecule has 0 saturated carbocycles. The predicted molar refractivity (Wildman–Crippen MR) is 52.9 cm³/mol. The Hall–Kier alpha value is -1.28. The van der Waals surface area contributed by atoms with E-state index in [0.717, 1.165) is 5.56 Å². The molecule has 3 heteroatoms. The number of carbonyl (C=O) groups excluding carboxylic acids is 1. The average molecular weight is 197 g/mol. The lowest BCUT2D eigenvalue weighted by Gasteiger charge is -2.01. The summed E-state index contributed by atoms with van der Waals surface area (Å²) in [5, 5.41) is 0.498. The Morgan fingerprint density at radius 2 is 2.31 bits per heavy atom. The van der Waals surface area contributed by atoms with Crippen molar-refractivity contribution in [2.45, 2.75) is 0 Å². The summed E-state index contributed by atoms with van der Waals surface area (Å²) in [4.78, 5) is 11.1. The molecular formula is C10H9ClO2. The lowest BCUT2D eigenvalue weighted by Crippen LogP contribution is -2.00. The summed E-state index contributed by atoms with van der Waals surface area (Å²) in [6.07, 6.45) is 1.63. The van der Waals surface area contributed by atoms with E-state index in [-0.39, 0.29) is 0 Å². The first-order valence-electron chi connectivity index (χ1n) is 3.69. The Morgan fingerprint density at radius 3 is 2.77 bits per heavy atom. The maximum absolute atomic E-state index is 11.1. The highest BCUT2D eigenvalue weighted by molar-refractivity contribution is 6.32. The fourth-order valence-corrected chi connectivity index (χ4v) is 1.20. The monoisotopic (exact) mass is 196 g/mol. The summed E-state index contributed by atoms with van der Waals surface area (Å²) in [5.74, 6) is -0.391. The highest BCUT2D eigenvalue weighted by atomic mass is 35.5. The van der Waals surface area contributed by atoms with Crippen molar-refractivity contribution >= 4 is 23.6 Å². The van der Waals surface area contributed by atoms with Crippen LogP contribution >= 0.6 is 11.6 Å². The van der Waals surface area contributed by atoms with Crippen LogP contribution in [0.2, 0.25) is 5.02 Å². The Morgan fingerprint density at radius 1 is 1.62 bits per heavy atom. The highest BCUT2D eigenvalue weighted by Gasteiger charge is 2.06. The summed E-state index contributed by atoms with van der Waals surface area (Å²) >= 11 is 5.85. The Kier molecular flexibility index (Phi) is 3.09. The molecule has 0 spiro atoms. The van der Waals surface area contributed by atoms with Gasteiger partial charge < -0.3 is 4.74 Å². The summed E-state index contributed by atoms with van der Waals surface area (Å²) in [6, 6.07) is 4.93. The molecule has 0 unspecified atom stereocenters. The molecule has 1 rings (SSSR count). The van der Waals surface area contributed by atoms with E-state index in [1.165, 1.54) is 7.11 Å². The van der Waals surface area contributed by atoms with Crippen LogP contribution in [0.1, 0.15) is 15.9 Å². The third-order valence-electron chi connectivity index (χ3n) is 1.64. The summed E-state index contributed by atoms with van der Waals surface area (Å²) < 4.78 is 4.54. The van der Waals surface area contributed by atoms with Crippen LogP contribution in [0.15, 0.2) is 24.8 Å². The van der Waals surface area contributed by atoms with E-state index in [9.17, 15) is 4.79 Å². The number of methoxy groups -OCH3 is 1. The first kappa shape index (κ1) is 9.81. The van der Waals surface area contributed by atoms with E-state index in [1.807, 2.05) is 0 Å². The largest absolute Gasteiger partial charge is 0.465 e. The quantitative estimate of drug-likeness (QED) is 0.680. The standard InChI is InChI=1S/C10H9ClO2/c1-3-7-4-5-8(6-9(7)11)10(12)13-2/h3-6H,1H2,2H3. The second kappa shape index (κ2) is 4.10. The fourth-order valence-electron chi connectivity index (χ4n) is 0.937. The molecule has 0 amide bonds. The Balaban J connectivity index is 3.09. The third-order valence-corrected chi connectivity index (χ3v) is 1.97. The maximum Gasteiger partial charge on any atom is 0.337 e. The van der Waals surface area contributed by atoms with E-state index >= 15 is 0 Å². The Labute approximate surface area is 81.8 Å². The molecule has 0 fully saturated rings. The first-order chi connectivity index (χ1) is 6.19. The minimum atomic E-state index is -0.391. The molecule has 0 bridgehead atoms. The summed E-state index contributed by atoms with van der Waals surface area (Å²) in [6.45, 7) is 3.59. The van der Waals surface area contributed by atoms with Gasteiger partial charge in [0.15, 0.2) is 0 Å². The SMILES string of the molecule is C=Cc1ccc(C(=O)OC)cc1Cl. The van der Waals surface area contributed by atoms with E-state index in [2.05, 4.69) is 11.3 Å². The van der Waals surface area contributed by atoms with Crippen LogP contribution in [0.3, 0.4) is 0 Å². The van der Waals surface area contributed by atoms with Gasteiger partial charge in [-0.2, -0.15) is 0 Å². The molecule has 1 aromatic rings. The minimum absolute atomic E-state index is 0.391. The fraction of sp³-hybridized carbons (Fsp3) is 0.100. The van der Waals surface area contributed by atoms with Gasteiger partial charge in [0.2, 0.25) is 0 Å². The number of esters is 1. The smallest absolute Gasteiger partial charge is 0.337 e. The average Bonchev–Trinajstić information content (AvgIpc) is 2.16. The summed E-state index contributed by atoms with van der Waals surface area (Å²) in [7, 11) is 1.33. The van der Waals surface area contributed by atoms with Gasteiger partial charge >= 0.3 is 5.97 Å². The van der Waals surface area contributed by atoms with Gasteiger partial charge in [-0.1, -0.05) is 30.3 Å². The molecule has 0 aliphatic carbocycles. The molecule has 0 radical (unpaired) electrons. The molecule has 0 aromatic heterocycles. The highest BCUT2D eigenvalue weighted by Crippen LogP contribution is 2.19. The number of halogens is 1. The molecule has 0 heterocycles. The molecule has 13 heavy (non-hydrogen) atoms. The third kappa shape index (κ3) is 2.10. The maximum atomic E-state index is 11.1. The number of hydrogen-bond acceptors (Lipinski definition) is 2. The van der Waals surface area contributed by atoms with Crippen LogP contribution in [0.25, 0.3) is 6.08 Å². The predicted octanol–water partition coefficient (Wildman–Crippen LogP) is 2.77. The number of ether oxygens (including phenoxy) is 1. The lowest BCUT2D eigenvalue weighted by atomic mass is 10.1. The van der Waals surface area contributed by atoms with E-state index in [1.54, 1.807) is 24.3 Å². The van der Waals surface area contributed by atoms with Gasteiger partial charge in [0, 0.05) is 5.02 Å². The normalized spacial score (nSPS) is 9.38. The molecule has 0 atom stereocenters. The van der Waals surface area contributed by atoms with Crippen molar-refractivity contribution in [3.8, 4) is 0 Å². The van der Waals surface area contributed by atoms with Crippen LogP contribution in [0.4, 0.5) is 0 Å². The van der Waals surface area contributed by atoms with E-state index in [0.29, 0.717) is 10.6 Å². The topological polar surface area (TPSA) is 26.3 Å². The zero-order chi connectivity index (χ0) is 9.84. The molecule has 0 aliphatic heterocycles. The van der Waals surface area contributed by atoms with Crippen LogP contribution in [0, 0.1) is 0 Å². The van der Waals surface area contributed by atoms with Crippen LogP contribution in [-0.2, 0) is 4.74 Å². The van der Waals surface area contributed by atoms with Gasteiger partial charge in [0.05, 0.1) is 12.7 Å². The van der Waals surface area contributed by atoms with Crippen LogP contribution in [-0.4, -0.2) is 13.1 Å². The molecule has 1 aromatic carbocycles. The number of hydrogen-bond donors (Lipinski definition) is 0. The zero-order valence-corrected chi connectivity index (χ0v) is 7.97. The van der Waals surface area contributed by atoms with E-state index < -0.39 is 5.97 Å². The van der Waals surface area contributed by atoms with Crippen molar-refractivity contribution in [3.05, 3.63) is 40.9 Å². The van der Waals surface area contributed by atoms with Crippen molar-refractivity contribution in [1.29, 1.82) is 0 Å². The van der Waals surface area contributed by atoms with Crippen molar-refractivity contribution in [2.24, 2.45) is 0 Å². The van der Waals surface area contributed by atoms with Gasteiger partial charge in [-0.15, -0.1) is 0 Å². The van der Waals surface area contributed by atoms with Crippen molar-refractivity contribution in [1.82, 2.24) is 0 Å². The second-order valence-electron chi connectivity index (χ2n) is 2.43. The van der Waals surface area contributed by atoms with Gasteiger partial charge in [0.1, 0.15) is 0 Å². The van der Waals surface area contributed by atoms with Crippen molar-refractivity contribution in [2.75, 3.05) is 7.11 Å². The summed E-state index contributed by atoms with van der Waals surface area (Å²) in [5.41, 5.74) is 1.24. The molecule has 0 aliphatic rings. The van der Waals surface area contributed by atoms with Crippen LogP contribution in [0.5, 0.6) is 0 Å². The molecule has 2 nitrogen and oxygen atoms in total. The second-order valence-corrected chi connectivity index (χ2v) is 2.84. The van der Waals surface area contributed by atoms with Gasteiger partial charge in [-0.05, 0) is 17.7 Å². The van der Waals surface area contributed by atoms with Crippen molar-refractivity contribution < 1.29 is 9.53 Å². The first-order valence-corrected chi connectivity index (χ1v) is 4.07. The molecule has 0 N–H and O–H groups in total. The van der Waals surface area contributed by atoms with Gasteiger partial charge in [0.25, 0.3) is 0 Å². The van der Waals surface area contributed by atoms with Crippen molar-refractivity contribution in [3.63, 3.8) is 0 Å². The molecule has 68 valence electrons. The van der Waals surface area contributed by atoms with E-state index in [4.69, 9.17) is 11.6 Å². The lowest BCUT2D eigenvalue weighted by molar-refractivity contribution is 0.0601. The number of benzene rings is 1. The van der Waals surface area contributed by atoms with Gasteiger partial charge in [-0.3, -0.25) is 0 Å². The van der Waals surface area contributed by atoms with Crippen LogP contribution < -0.4 is 0 Å². The van der Waals surface area contributed by atoms with Gasteiger partial charge in [-0.25, -0.2) is 4.79 Å².